The Morgan fingerprint density at radius 2 is 1.71 bits per heavy atom. The second kappa shape index (κ2) is 5.75. The van der Waals surface area contributed by atoms with Crippen LogP contribution in [0.25, 0.3) is 0 Å². The summed E-state index contributed by atoms with van der Waals surface area (Å²) in [6.45, 7) is 6.94. The summed E-state index contributed by atoms with van der Waals surface area (Å²) in [5.74, 6) is -0.0906. The Labute approximate surface area is 130 Å². The molecule has 3 N–H and O–H groups in total. The molecule has 0 atom stereocenters. The molecule has 1 aromatic rings. The molecule has 0 radical (unpaired) electrons. The molecule has 21 heavy (non-hydrogen) atoms. The van der Waals surface area contributed by atoms with E-state index in [1.807, 2.05) is 0 Å². The second-order valence-corrected chi connectivity index (χ2v) is 9.75. The molecular weight excluding hydrogens is 336 g/mol. The third-order valence-electron chi connectivity index (χ3n) is 2.47. The minimum atomic E-state index is -3.90. The van der Waals surface area contributed by atoms with Crippen molar-refractivity contribution < 1.29 is 16.8 Å². The minimum absolute atomic E-state index is 0.0171. The predicted octanol–water partition coefficient (Wildman–Crippen LogP) is 2.08. The first-order valence-corrected chi connectivity index (χ1v) is 9.62. The maximum atomic E-state index is 12.1. The lowest BCUT2D eigenvalue weighted by atomic mass is 10.0. The van der Waals surface area contributed by atoms with Gasteiger partial charge in [-0.05, 0) is 30.0 Å². The zero-order valence-corrected chi connectivity index (χ0v) is 14.7. The van der Waals surface area contributed by atoms with E-state index in [0.29, 0.717) is 5.56 Å². The van der Waals surface area contributed by atoms with Crippen molar-refractivity contribution in [2.24, 2.45) is 10.6 Å². The van der Waals surface area contributed by atoms with Gasteiger partial charge in [0.1, 0.15) is 0 Å². The van der Waals surface area contributed by atoms with Crippen LogP contribution in [0.1, 0.15) is 26.3 Å². The molecule has 0 saturated carbocycles. The highest BCUT2D eigenvalue weighted by Crippen LogP contribution is 2.30. The number of benzene rings is 1. The topological polar surface area (TPSA) is 106 Å². The highest BCUT2D eigenvalue weighted by Gasteiger charge is 2.23. The maximum absolute atomic E-state index is 12.1. The Bertz CT molecular complexity index is 727. The van der Waals surface area contributed by atoms with E-state index in [4.69, 9.17) is 16.7 Å². The average molecular weight is 355 g/mol. The van der Waals surface area contributed by atoms with Gasteiger partial charge in [0.05, 0.1) is 21.4 Å². The van der Waals surface area contributed by atoms with Crippen molar-refractivity contribution in [3.8, 4) is 0 Å². The summed E-state index contributed by atoms with van der Waals surface area (Å²) in [6.07, 6.45) is 0. The summed E-state index contributed by atoms with van der Waals surface area (Å²) >= 11 is 5.97. The molecule has 0 aromatic heterocycles. The van der Waals surface area contributed by atoms with Gasteiger partial charge in [-0.1, -0.05) is 32.4 Å². The van der Waals surface area contributed by atoms with Gasteiger partial charge in [0.15, 0.2) is 0 Å². The number of hydrogen-bond acceptors (Lipinski definition) is 4. The van der Waals surface area contributed by atoms with Gasteiger partial charge in [-0.15, -0.1) is 0 Å². The number of sulfonamides is 2. The summed E-state index contributed by atoms with van der Waals surface area (Å²) in [5, 5.41) is 5.01. The molecule has 0 spiro atoms. The molecule has 9 heteroatoms. The van der Waals surface area contributed by atoms with Crippen LogP contribution in [-0.4, -0.2) is 22.6 Å². The lowest BCUT2D eigenvalue weighted by Gasteiger charge is -2.20. The molecule has 0 heterocycles. The van der Waals surface area contributed by atoms with Gasteiger partial charge in [-0.3, -0.25) is 4.72 Å². The zero-order valence-electron chi connectivity index (χ0n) is 12.3. The van der Waals surface area contributed by atoms with Crippen LogP contribution >= 0.6 is 11.6 Å². The zero-order chi connectivity index (χ0) is 16.6. The first kappa shape index (κ1) is 18.2. The van der Waals surface area contributed by atoms with Gasteiger partial charge in [0.2, 0.25) is 20.0 Å². The molecule has 0 aliphatic heterocycles. The molecule has 0 unspecified atom stereocenters. The lowest BCUT2D eigenvalue weighted by molar-refractivity contribution is 0.463. The first-order chi connectivity index (χ1) is 9.21. The average Bonchev–Trinajstić information content (AvgIpc) is 2.18. The molecule has 0 aliphatic carbocycles. The molecule has 0 fully saturated rings. The van der Waals surface area contributed by atoms with Gasteiger partial charge in [-0.25, -0.2) is 22.0 Å². The molecule has 0 amide bonds. The largest absolute Gasteiger partial charge is 0.282 e. The van der Waals surface area contributed by atoms with Crippen LogP contribution in [0.4, 0.5) is 5.69 Å². The van der Waals surface area contributed by atoms with Crippen molar-refractivity contribution in [3.05, 3.63) is 22.7 Å². The molecule has 0 bridgehead atoms. The van der Waals surface area contributed by atoms with E-state index in [1.54, 1.807) is 27.7 Å². The fourth-order valence-electron chi connectivity index (χ4n) is 1.77. The summed E-state index contributed by atoms with van der Waals surface area (Å²) in [6, 6.07) is 2.40. The third kappa shape index (κ3) is 5.46. The van der Waals surface area contributed by atoms with E-state index >= 15 is 0 Å². The highest BCUT2D eigenvalue weighted by molar-refractivity contribution is 7.92. The molecule has 0 saturated heterocycles. The summed E-state index contributed by atoms with van der Waals surface area (Å²) < 4.78 is 49.2. The Morgan fingerprint density at radius 3 is 2.10 bits per heavy atom. The van der Waals surface area contributed by atoms with Crippen molar-refractivity contribution >= 4 is 37.3 Å². The van der Waals surface area contributed by atoms with Crippen LogP contribution in [0.2, 0.25) is 5.02 Å². The van der Waals surface area contributed by atoms with Crippen molar-refractivity contribution in [1.82, 2.24) is 0 Å². The molecule has 120 valence electrons. The number of hydrogen-bond donors (Lipinski definition) is 2. The molecule has 6 nitrogen and oxygen atoms in total. The number of rotatable bonds is 4. The lowest BCUT2D eigenvalue weighted by Crippen LogP contribution is -2.26. The van der Waals surface area contributed by atoms with Crippen LogP contribution in [0.5, 0.6) is 0 Å². The number of halogens is 1. The van der Waals surface area contributed by atoms with Crippen LogP contribution < -0.4 is 9.86 Å². The standard InChI is InChI=1S/C12H19ClN2O4S2/c1-8-5-9(21(14,18)19)6-10(13)11(8)15-20(16,17)7-12(2,3)4/h5-6,15H,7H2,1-4H3,(H2,14,18,19). The van der Waals surface area contributed by atoms with E-state index in [9.17, 15) is 16.8 Å². The number of primary sulfonamides is 1. The first-order valence-electron chi connectivity index (χ1n) is 6.05. The van der Waals surface area contributed by atoms with Crippen molar-refractivity contribution in [2.75, 3.05) is 10.5 Å². The van der Waals surface area contributed by atoms with Gasteiger partial charge in [-0.2, -0.15) is 0 Å². The van der Waals surface area contributed by atoms with E-state index < -0.39 is 25.5 Å². The van der Waals surface area contributed by atoms with Crippen LogP contribution in [-0.2, 0) is 20.0 Å². The fourth-order valence-corrected chi connectivity index (χ4v) is 4.62. The van der Waals surface area contributed by atoms with Gasteiger partial charge < -0.3 is 0 Å². The van der Waals surface area contributed by atoms with E-state index in [1.165, 1.54) is 6.07 Å². The molecule has 1 aromatic carbocycles. The summed E-state index contributed by atoms with van der Waals surface area (Å²) in [4.78, 5) is -0.163. The third-order valence-corrected chi connectivity index (χ3v) is 5.42. The van der Waals surface area contributed by atoms with Crippen LogP contribution in [0, 0.1) is 12.3 Å². The molecule has 0 aliphatic rings. The summed E-state index contributed by atoms with van der Waals surface area (Å²) in [7, 11) is -7.50. The Balaban J connectivity index is 3.23. The summed E-state index contributed by atoms with van der Waals surface area (Å²) in [5.41, 5.74) is 0.115. The Morgan fingerprint density at radius 1 is 1.19 bits per heavy atom. The Kier molecular flexibility index (Phi) is 4.99. The van der Waals surface area contributed by atoms with Crippen molar-refractivity contribution in [2.45, 2.75) is 32.6 Å². The second-order valence-electron chi connectivity index (χ2n) is 6.06. The number of nitrogens with two attached hydrogens (primary N) is 1. The van der Waals surface area contributed by atoms with Gasteiger partial charge in [0.25, 0.3) is 0 Å². The van der Waals surface area contributed by atoms with E-state index in [0.717, 1.165) is 6.07 Å². The smallest absolute Gasteiger partial charge is 0.238 e. The molecular formula is C12H19ClN2O4S2. The van der Waals surface area contributed by atoms with Crippen LogP contribution in [0.3, 0.4) is 0 Å². The van der Waals surface area contributed by atoms with Gasteiger partial charge >= 0.3 is 0 Å². The number of aryl methyl sites for hydroxylation is 1. The van der Waals surface area contributed by atoms with E-state index in [2.05, 4.69) is 4.72 Å². The monoisotopic (exact) mass is 354 g/mol. The SMILES string of the molecule is Cc1cc(S(N)(=O)=O)cc(Cl)c1NS(=O)(=O)CC(C)(C)C. The maximum Gasteiger partial charge on any atom is 0.238 e. The van der Waals surface area contributed by atoms with Crippen molar-refractivity contribution in [1.29, 1.82) is 0 Å². The molecule has 1 rings (SSSR count). The Hall–Kier alpha value is -0.830. The quantitative estimate of drug-likeness (QED) is 0.863. The highest BCUT2D eigenvalue weighted by atomic mass is 35.5. The van der Waals surface area contributed by atoms with Gasteiger partial charge in [0, 0.05) is 0 Å². The number of anilines is 1. The van der Waals surface area contributed by atoms with E-state index in [-0.39, 0.29) is 21.4 Å². The predicted molar refractivity (Wildman–Crippen MR) is 84.4 cm³/mol. The fraction of sp³-hybridized carbons (Fsp3) is 0.500. The number of nitrogens with one attached hydrogen (secondary N) is 1. The normalized spacial score (nSPS) is 13.2. The van der Waals surface area contributed by atoms with Crippen LogP contribution in [0.15, 0.2) is 17.0 Å². The minimum Gasteiger partial charge on any atom is -0.282 e. The van der Waals surface area contributed by atoms with Crippen molar-refractivity contribution in [3.63, 3.8) is 0 Å².